The highest BCUT2D eigenvalue weighted by Crippen LogP contribution is 2.44. The minimum atomic E-state index is -5.03. The third-order valence-corrected chi connectivity index (χ3v) is 8.45. The first-order valence-electron chi connectivity index (χ1n) is 15.0. The SMILES string of the molecule is O=C(C(=O)C(O)(C(=O)c1cc(O)c(O)c(O)c1)C(O)(C(=O)c1cc(O)c(O)c(O)c1)[C@H](O)[C@H](O)C(O)C(=O)c1cc(O)c(O)c(O)c1)c1cc(O)c(O)c(O)c1. The third kappa shape index (κ3) is 6.56. The summed E-state index contributed by atoms with van der Waals surface area (Å²) in [5, 5.41) is 177. The average Bonchev–Trinajstić information content (AvgIpc) is 3.15. The lowest BCUT2D eigenvalue weighted by Crippen LogP contribution is -2.76. The van der Waals surface area contributed by atoms with Crippen molar-refractivity contribution in [3.05, 3.63) is 70.8 Å². The van der Waals surface area contributed by atoms with E-state index in [9.17, 15) is 111 Å². The Hall–Kier alpha value is -7.37. The van der Waals surface area contributed by atoms with Crippen LogP contribution >= 0.6 is 0 Å². The van der Waals surface area contributed by atoms with Crippen LogP contribution < -0.4 is 0 Å². The number of rotatable bonds is 13. The van der Waals surface area contributed by atoms with E-state index in [1.807, 2.05) is 0 Å². The van der Waals surface area contributed by atoms with Crippen LogP contribution in [0.15, 0.2) is 48.5 Å². The fourth-order valence-corrected chi connectivity index (χ4v) is 5.38. The quantitative estimate of drug-likeness (QED) is 0.0304. The van der Waals surface area contributed by atoms with E-state index in [0.717, 1.165) is 0 Å². The standard InChI is InChI=1S/C34H28O22/c35-13-1-9(2-14(36)23(13)45)21(43)27(49)28(50)32(54)34(56,30(52)12-7-19(41)26(48)20(42)8-12)33(55,29(51)11-5-17(39)25(47)18(40)6-11)31(53)22(44)10-3-15(37)24(46)16(38)4-10/h1-8,27-28,32,35-42,45-50,54-56H/t27?,28-,32-,33?,34?/m1/s1. The van der Waals surface area contributed by atoms with Gasteiger partial charge in [-0.1, -0.05) is 0 Å². The highest BCUT2D eigenvalue weighted by molar-refractivity contribution is 6.52. The molecule has 0 bridgehead atoms. The lowest BCUT2D eigenvalue weighted by molar-refractivity contribution is -0.189. The van der Waals surface area contributed by atoms with Crippen LogP contribution in [-0.2, 0) is 4.79 Å². The molecule has 296 valence electrons. The van der Waals surface area contributed by atoms with E-state index in [4.69, 9.17) is 0 Å². The van der Waals surface area contributed by atoms with Crippen LogP contribution in [0.4, 0.5) is 0 Å². The Labute approximate surface area is 309 Å². The number of benzene rings is 4. The zero-order valence-corrected chi connectivity index (χ0v) is 27.5. The molecule has 22 nitrogen and oxygen atoms in total. The molecule has 0 radical (unpaired) electrons. The Morgan fingerprint density at radius 2 is 0.714 bits per heavy atom. The van der Waals surface area contributed by atoms with Gasteiger partial charge >= 0.3 is 0 Å². The van der Waals surface area contributed by atoms with Crippen molar-refractivity contribution < 1.29 is 111 Å². The second kappa shape index (κ2) is 14.5. The van der Waals surface area contributed by atoms with Crippen LogP contribution in [0.1, 0.15) is 41.4 Å². The number of phenolic OH excluding ortho intramolecular Hbond substituents is 12. The van der Waals surface area contributed by atoms with Gasteiger partial charge in [-0.05, 0) is 48.5 Å². The summed E-state index contributed by atoms with van der Waals surface area (Å²) in [6.45, 7) is 0. The fraction of sp³-hybridized carbons (Fsp3) is 0.147. The molecule has 22 heteroatoms. The van der Waals surface area contributed by atoms with Crippen molar-refractivity contribution in [2.45, 2.75) is 29.5 Å². The smallest absolute Gasteiger partial charge is 0.246 e. The molecule has 0 aliphatic heterocycles. The molecule has 56 heavy (non-hydrogen) atoms. The molecule has 0 aliphatic carbocycles. The fourth-order valence-electron chi connectivity index (χ4n) is 5.38. The molecule has 0 amide bonds. The van der Waals surface area contributed by atoms with Gasteiger partial charge in [0.2, 0.25) is 28.7 Å². The molecule has 0 spiro atoms. The van der Waals surface area contributed by atoms with Gasteiger partial charge in [-0.2, -0.15) is 0 Å². The van der Waals surface area contributed by atoms with Crippen LogP contribution in [0.2, 0.25) is 0 Å². The van der Waals surface area contributed by atoms with Gasteiger partial charge in [0, 0.05) is 22.3 Å². The number of carbonyl (C=O) groups is 5. The zero-order chi connectivity index (χ0) is 42.5. The molecule has 0 aromatic heterocycles. The summed E-state index contributed by atoms with van der Waals surface area (Å²) in [6, 6.07) is 1.81. The molecular formula is C34H28O22. The Morgan fingerprint density at radius 3 is 1.05 bits per heavy atom. The van der Waals surface area contributed by atoms with Crippen LogP contribution in [0, 0.1) is 0 Å². The maximum Gasteiger partial charge on any atom is 0.246 e. The highest BCUT2D eigenvalue weighted by Gasteiger charge is 2.70. The first kappa shape index (κ1) is 41.4. The maximum atomic E-state index is 14.3. The molecule has 3 unspecified atom stereocenters. The predicted molar refractivity (Wildman–Crippen MR) is 176 cm³/mol. The number of ketones is 5. The Morgan fingerprint density at radius 1 is 0.429 bits per heavy atom. The summed E-state index contributed by atoms with van der Waals surface area (Å²) in [7, 11) is 0. The van der Waals surface area contributed by atoms with Crippen LogP contribution in [0.25, 0.3) is 0 Å². The van der Waals surface area contributed by atoms with Gasteiger partial charge in [-0.25, -0.2) is 0 Å². The van der Waals surface area contributed by atoms with Gasteiger partial charge in [-0.15, -0.1) is 0 Å². The number of aromatic hydroxyl groups is 12. The summed E-state index contributed by atoms with van der Waals surface area (Å²) in [5.74, 6) is -27.9. The normalized spacial score (nSPS) is 15.1. The lowest BCUT2D eigenvalue weighted by atomic mass is 9.65. The molecule has 5 atom stereocenters. The average molecular weight is 789 g/mol. The van der Waals surface area contributed by atoms with Gasteiger partial charge in [0.1, 0.15) is 18.3 Å². The van der Waals surface area contributed by atoms with Crippen molar-refractivity contribution >= 4 is 28.9 Å². The van der Waals surface area contributed by atoms with Gasteiger partial charge in [0.15, 0.2) is 80.4 Å². The predicted octanol–water partition coefficient (Wildman–Crippen LogP) is -1.90. The minimum absolute atomic E-state index is 0.145. The molecule has 0 fully saturated rings. The third-order valence-electron chi connectivity index (χ3n) is 8.45. The first-order chi connectivity index (χ1) is 25.8. The maximum absolute atomic E-state index is 14.3. The van der Waals surface area contributed by atoms with Crippen molar-refractivity contribution in [2.75, 3.05) is 0 Å². The van der Waals surface area contributed by atoms with Crippen LogP contribution in [0.5, 0.6) is 69.0 Å². The summed E-state index contributed by atoms with van der Waals surface area (Å²) >= 11 is 0. The van der Waals surface area contributed by atoms with E-state index in [1.54, 1.807) is 0 Å². The number of aliphatic hydroxyl groups is 5. The lowest BCUT2D eigenvalue weighted by Gasteiger charge is -2.44. The molecule has 17 N–H and O–H groups in total. The van der Waals surface area contributed by atoms with Crippen molar-refractivity contribution in [2.24, 2.45) is 0 Å². The number of Topliss-reactive ketones (excluding diaryl/α,β-unsaturated/α-hetero) is 5. The van der Waals surface area contributed by atoms with E-state index in [2.05, 4.69) is 0 Å². The molecule has 0 saturated carbocycles. The van der Waals surface area contributed by atoms with Gasteiger partial charge < -0.3 is 86.8 Å². The number of hydrogen-bond acceptors (Lipinski definition) is 22. The highest BCUT2D eigenvalue weighted by atomic mass is 16.4. The van der Waals surface area contributed by atoms with Gasteiger partial charge in [0.25, 0.3) is 0 Å². The summed E-state index contributed by atoms with van der Waals surface area (Å²) < 4.78 is 0. The van der Waals surface area contributed by atoms with Crippen molar-refractivity contribution in [3.63, 3.8) is 0 Å². The van der Waals surface area contributed by atoms with E-state index in [-0.39, 0.29) is 36.4 Å². The minimum Gasteiger partial charge on any atom is -0.504 e. The molecule has 4 aromatic carbocycles. The number of carbonyl (C=O) groups excluding carboxylic acids is 5. The van der Waals surface area contributed by atoms with Gasteiger partial charge in [0.05, 0.1) is 0 Å². The largest absolute Gasteiger partial charge is 0.504 e. The molecular weight excluding hydrogens is 760 g/mol. The van der Waals surface area contributed by atoms with E-state index in [0.29, 0.717) is 12.1 Å². The molecule has 0 heterocycles. The monoisotopic (exact) mass is 788 g/mol. The summed E-state index contributed by atoms with van der Waals surface area (Å²) in [6.07, 6.45) is -10.5. The Kier molecular flexibility index (Phi) is 10.7. The van der Waals surface area contributed by atoms with Crippen molar-refractivity contribution in [3.8, 4) is 69.0 Å². The Bertz CT molecular complexity index is 2240. The second-order valence-corrected chi connectivity index (χ2v) is 12.0. The topological polar surface area (TPSA) is 429 Å². The summed E-state index contributed by atoms with van der Waals surface area (Å²) in [5.41, 5.74) is -15.1. The van der Waals surface area contributed by atoms with Crippen molar-refractivity contribution in [1.29, 1.82) is 0 Å². The van der Waals surface area contributed by atoms with E-state index >= 15 is 0 Å². The number of phenols is 12. The van der Waals surface area contributed by atoms with Crippen LogP contribution in [0.3, 0.4) is 0 Å². The molecule has 4 aromatic rings. The van der Waals surface area contributed by atoms with E-state index < -0.39 is 150 Å². The number of aliphatic hydroxyl groups excluding tert-OH is 3. The van der Waals surface area contributed by atoms with Crippen molar-refractivity contribution in [1.82, 2.24) is 0 Å². The zero-order valence-electron chi connectivity index (χ0n) is 27.5. The van der Waals surface area contributed by atoms with Gasteiger partial charge in [-0.3, -0.25) is 24.0 Å². The van der Waals surface area contributed by atoms with Crippen LogP contribution in [-0.4, -0.2) is 145 Å². The molecule has 4 rings (SSSR count). The molecule has 0 aliphatic rings. The molecule has 0 saturated heterocycles. The second-order valence-electron chi connectivity index (χ2n) is 12.0. The Balaban J connectivity index is 2.08. The van der Waals surface area contributed by atoms with E-state index in [1.165, 1.54) is 0 Å². The first-order valence-corrected chi connectivity index (χ1v) is 15.0. The number of hydrogen-bond donors (Lipinski definition) is 17. The summed E-state index contributed by atoms with van der Waals surface area (Å²) in [4.78, 5) is 69.5.